The van der Waals surface area contributed by atoms with Crippen molar-refractivity contribution >= 4 is 17.5 Å². The number of benzene rings is 1. The molecule has 1 amide bonds. The molecule has 3 heterocycles. The number of rotatable bonds is 6. The Bertz CT molecular complexity index is 955. The number of carbonyl (C=O) groups is 1. The van der Waals surface area contributed by atoms with Gasteiger partial charge in [0.2, 0.25) is 0 Å². The maximum absolute atomic E-state index is 12.2. The lowest BCUT2D eigenvalue weighted by atomic mass is 9.73. The van der Waals surface area contributed by atoms with Crippen molar-refractivity contribution < 1.29 is 19.2 Å². The van der Waals surface area contributed by atoms with E-state index in [2.05, 4.69) is 10.00 Å². The quantitative estimate of drug-likeness (QED) is 0.514. The fourth-order valence-corrected chi connectivity index (χ4v) is 4.03. The van der Waals surface area contributed by atoms with E-state index >= 15 is 0 Å². The number of likely N-dealkylation sites (tertiary alicyclic amines) is 1. The first-order valence-corrected chi connectivity index (χ1v) is 10.3. The lowest BCUT2D eigenvalue weighted by molar-refractivity contribution is -0.384. The van der Waals surface area contributed by atoms with Crippen LogP contribution in [0.1, 0.15) is 20.8 Å². The van der Waals surface area contributed by atoms with Crippen LogP contribution in [0, 0.1) is 15.5 Å². The third-order valence-electron chi connectivity index (χ3n) is 5.39. The van der Waals surface area contributed by atoms with Gasteiger partial charge in [0.25, 0.3) is 5.69 Å². The number of nitro benzene ring substituents is 1. The minimum atomic E-state index is -0.507. The first-order valence-electron chi connectivity index (χ1n) is 10.3. The van der Waals surface area contributed by atoms with Crippen molar-refractivity contribution in [3.05, 3.63) is 46.8 Å². The molecule has 2 aliphatic rings. The van der Waals surface area contributed by atoms with E-state index in [0.717, 1.165) is 18.8 Å². The molecule has 0 radical (unpaired) electrons. The van der Waals surface area contributed by atoms with Crippen molar-refractivity contribution in [2.24, 2.45) is 5.41 Å². The number of hydrogen-bond donors (Lipinski definition) is 0. The molecule has 0 saturated carbocycles. The highest BCUT2D eigenvalue weighted by molar-refractivity contribution is 5.71. The molecule has 1 spiro atoms. The predicted octanol–water partition coefficient (Wildman–Crippen LogP) is 2.93. The Balaban J connectivity index is 1.37. The fraction of sp³-hybridized carbons (Fsp3) is 0.524. The summed E-state index contributed by atoms with van der Waals surface area (Å²) in [6, 6.07) is 6.53. The molecule has 0 aliphatic carbocycles. The number of non-ortho nitro benzene ring substituents is 1. The number of aromatic nitrogens is 2. The monoisotopic (exact) mass is 429 g/mol. The highest BCUT2D eigenvalue weighted by Gasteiger charge is 2.54. The predicted molar refractivity (Wildman–Crippen MR) is 113 cm³/mol. The van der Waals surface area contributed by atoms with Gasteiger partial charge in [-0.25, -0.2) is 4.79 Å². The minimum Gasteiger partial charge on any atom is -0.489 e. The summed E-state index contributed by atoms with van der Waals surface area (Å²) in [5.41, 5.74) is 0.359. The maximum atomic E-state index is 12.2. The number of amides is 1. The Labute approximate surface area is 180 Å². The van der Waals surface area contributed by atoms with E-state index in [-0.39, 0.29) is 17.2 Å². The minimum absolute atomic E-state index is 0.00665. The zero-order valence-electron chi connectivity index (χ0n) is 18.0. The second-order valence-corrected chi connectivity index (χ2v) is 9.22. The second kappa shape index (κ2) is 7.75. The summed E-state index contributed by atoms with van der Waals surface area (Å²) in [5.74, 6) is 0.486. The van der Waals surface area contributed by atoms with Crippen LogP contribution in [0.4, 0.5) is 16.2 Å². The summed E-state index contributed by atoms with van der Waals surface area (Å²) in [6.45, 7) is 9.29. The van der Waals surface area contributed by atoms with Gasteiger partial charge in [-0.3, -0.25) is 14.8 Å². The first-order chi connectivity index (χ1) is 14.6. The van der Waals surface area contributed by atoms with E-state index in [9.17, 15) is 14.9 Å². The molecule has 2 aliphatic heterocycles. The summed E-state index contributed by atoms with van der Waals surface area (Å²) in [5, 5.41) is 15.3. The van der Waals surface area contributed by atoms with Crippen LogP contribution in [-0.4, -0.2) is 64.1 Å². The summed E-state index contributed by atoms with van der Waals surface area (Å²) < 4.78 is 13.1. The Morgan fingerprint density at radius 3 is 2.61 bits per heavy atom. The standard InChI is InChI=1S/C21H27N5O5/c1-20(2,3)31-19(27)24-14-21(15-24)12-23(13-21)17-6-5-16(26(28)29)11-18(17)30-10-9-25-8-4-7-22-25/h4-8,11H,9-10,12-15H2,1-3H3. The zero-order valence-corrected chi connectivity index (χ0v) is 18.0. The molecule has 10 heteroatoms. The Hall–Kier alpha value is -3.30. The summed E-state index contributed by atoms with van der Waals surface area (Å²) >= 11 is 0. The topological polar surface area (TPSA) is 103 Å². The molecular formula is C21H27N5O5. The summed E-state index contributed by atoms with van der Waals surface area (Å²) in [4.78, 5) is 26.8. The van der Waals surface area contributed by atoms with Crippen LogP contribution in [0.25, 0.3) is 0 Å². The molecule has 0 atom stereocenters. The molecule has 2 aromatic rings. The highest BCUT2D eigenvalue weighted by Crippen LogP contribution is 2.45. The van der Waals surface area contributed by atoms with Crippen molar-refractivity contribution in [3.8, 4) is 5.75 Å². The van der Waals surface area contributed by atoms with Crippen LogP contribution in [0.15, 0.2) is 36.7 Å². The van der Waals surface area contributed by atoms with Crippen LogP contribution in [0.2, 0.25) is 0 Å². The molecule has 0 N–H and O–H groups in total. The zero-order chi connectivity index (χ0) is 22.2. The van der Waals surface area contributed by atoms with Crippen molar-refractivity contribution in [1.29, 1.82) is 0 Å². The van der Waals surface area contributed by atoms with Crippen LogP contribution in [0.5, 0.6) is 5.75 Å². The molecule has 1 aromatic carbocycles. The van der Waals surface area contributed by atoms with Crippen molar-refractivity contribution in [2.45, 2.75) is 32.9 Å². The molecule has 166 valence electrons. The third-order valence-corrected chi connectivity index (χ3v) is 5.39. The molecule has 2 fully saturated rings. The van der Waals surface area contributed by atoms with Crippen LogP contribution >= 0.6 is 0 Å². The average molecular weight is 429 g/mol. The second-order valence-electron chi connectivity index (χ2n) is 9.22. The normalized spacial score (nSPS) is 17.1. The van der Waals surface area contributed by atoms with Gasteiger partial charge in [-0.1, -0.05) is 0 Å². The molecule has 0 bridgehead atoms. The molecule has 31 heavy (non-hydrogen) atoms. The molecule has 10 nitrogen and oxygen atoms in total. The lowest BCUT2D eigenvalue weighted by Gasteiger charge is -2.60. The number of anilines is 1. The van der Waals surface area contributed by atoms with Gasteiger partial charge in [-0.15, -0.1) is 0 Å². The molecule has 1 aromatic heterocycles. The van der Waals surface area contributed by atoms with Gasteiger partial charge < -0.3 is 19.3 Å². The fourth-order valence-electron chi connectivity index (χ4n) is 4.03. The molecule has 2 saturated heterocycles. The van der Waals surface area contributed by atoms with Crippen LogP contribution in [0.3, 0.4) is 0 Å². The van der Waals surface area contributed by atoms with Gasteiger partial charge in [0, 0.05) is 50.1 Å². The number of nitrogens with zero attached hydrogens (tertiary/aromatic N) is 5. The van der Waals surface area contributed by atoms with E-state index in [0.29, 0.717) is 32.0 Å². The van der Waals surface area contributed by atoms with Gasteiger partial charge in [0.1, 0.15) is 18.0 Å². The first kappa shape index (κ1) is 21.0. The molecule has 0 unspecified atom stereocenters. The van der Waals surface area contributed by atoms with Crippen molar-refractivity contribution in [2.75, 3.05) is 37.7 Å². The average Bonchev–Trinajstić information content (AvgIpc) is 3.12. The largest absolute Gasteiger partial charge is 0.489 e. The van der Waals surface area contributed by atoms with Gasteiger partial charge in [0.15, 0.2) is 0 Å². The van der Waals surface area contributed by atoms with Crippen LogP contribution in [-0.2, 0) is 11.3 Å². The number of nitro groups is 1. The highest BCUT2D eigenvalue weighted by atomic mass is 16.6. The molecular weight excluding hydrogens is 402 g/mol. The summed E-state index contributed by atoms with van der Waals surface area (Å²) in [6.07, 6.45) is 3.25. The Morgan fingerprint density at radius 2 is 2.00 bits per heavy atom. The van der Waals surface area contributed by atoms with E-state index in [4.69, 9.17) is 9.47 Å². The Kier molecular flexibility index (Phi) is 5.24. The van der Waals surface area contributed by atoms with E-state index in [1.807, 2.05) is 33.0 Å². The van der Waals surface area contributed by atoms with Crippen LogP contribution < -0.4 is 9.64 Å². The van der Waals surface area contributed by atoms with Crippen molar-refractivity contribution in [3.63, 3.8) is 0 Å². The van der Waals surface area contributed by atoms with Gasteiger partial charge in [0.05, 0.1) is 23.2 Å². The van der Waals surface area contributed by atoms with E-state index in [1.165, 1.54) is 12.1 Å². The van der Waals surface area contributed by atoms with E-state index < -0.39 is 10.5 Å². The number of hydrogen-bond acceptors (Lipinski definition) is 7. The van der Waals surface area contributed by atoms with E-state index in [1.54, 1.807) is 21.8 Å². The van der Waals surface area contributed by atoms with Gasteiger partial charge in [-0.05, 0) is 32.9 Å². The van der Waals surface area contributed by atoms with Crippen molar-refractivity contribution in [1.82, 2.24) is 14.7 Å². The SMILES string of the molecule is CC(C)(C)OC(=O)N1CC2(C1)CN(c1ccc([N+](=O)[O-])cc1OCCn1cccn1)C2. The number of carbonyl (C=O) groups excluding carboxylic acids is 1. The number of ether oxygens (including phenoxy) is 2. The smallest absolute Gasteiger partial charge is 0.410 e. The Morgan fingerprint density at radius 1 is 1.26 bits per heavy atom. The lowest BCUT2D eigenvalue weighted by Crippen LogP contribution is -2.73. The summed E-state index contributed by atoms with van der Waals surface area (Å²) in [7, 11) is 0. The van der Waals surface area contributed by atoms with Gasteiger partial charge >= 0.3 is 6.09 Å². The third kappa shape index (κ3) is 4.57. The maximum Gasteiger partial charge on any atom is 0.410 e. The molecule has 4 rings (SSSR count). The van der Waals surface area contributed by atoms with Gasteiger partial charge in [-0.2, -0.15) is 5.10 Å².